The first kappa shape index (κ1) is 13.4. The quantitative estimate of drug-likeness (QED) is 0.838. The molecular formula is C12H14N4O2S. The number of nitrogens with zero attached hydrogens (tertiary/aromatic N) is 2. The molecule has 19 heavy (non-hydrogen) atoms. The van der Waals surface area contributed by atoms with E-state index < -0.39 is 11.4 Å². The van der Waals surface area contributed by atoms with Crippen molar-refractivity contribution >= 4 is 40.4 Å². The third-order valence-electron chi connectivity index (χ3n) is 2.44. The van der Waals surface area contributed by atoms with Gasteiger partial charge in [-0.2, -0.15) is 8.75 Å². The SMILES string of the molecule is CC(C)(C)C(=O)NC(=O)Nc1cccc2nsnc12. The van der Waals surface area contributed by atoms with Gasteiger partial charge in [0.15, 0.2) is 0 Å². The van der Waals surface area contributed by atoms with Crippen LogP contribution in [-0.4, -0.2) is 20.7 Å². The number of rotatable bonds is 1. The van der Waals surface area contributed by atoms with E-state index in [2.05, 4.69) is 19.4 Å². The molecule has 0 saturated carbocycles. The average Bonchev–Trinajstić information content (AvgIpc) is 2.76. The summed E-state index contributed by atoms with van der Waals surface area (Å²) in [7, 11) is 0. The number of aromatic nitrogens is 2. The molecule has 2 aromatic rings. The van der Waals surface area contributed by atoms with Crippen molar-refractivity contribution in [2.75, 3.05) is 5.32 Å². The highest BCUT2D eigenvalue weighted by Crippen LogP contribution is 2.21. The summed E-state index contributed by atoms with van der Waals surface area (Å²) in [6.45, 7) is 5.21. The summed E-state index contributed by atoms with van der Waals surface area (Å²) in [6.07, 6.45) is 0. The van der Waals surface area contributed by atoms with Crippen LogP contribution in [0.4, 0.5) is 10.5 Å². The average molecular weight is 278 g/mol. The smallest absolute Gasteiger partial charge is 0.305 e. The van der Waals surface area contributed by atoms with E-state index in [1.54, 1.807) is 32.9 Å². The van der Waals surface area contributed by atoms with E-state index in [-0.39, 0.29) is 5.91 Å². The van der Waals surface area contributed by atoms with Crippen molar-refractivity contribution in [1.82, 2.24) is 14.1 Å². The normalized spacial score (nSPS) is 11.3. The molecule has 0 unspecified atom stereocenters. The van der Waals surface area contributed by atoms with Crippen molar-refractivity contribution in [3.63, 3.8) is 0 Å². The molecule has 0 atom stereocenters. The maximum absolute atomic E-state index is 11.7. The molecule has 6 nitrogen and oxygen atoms in total. The predicted molar refractivity (Wildman–Crippen MR) is 74.0 cm³/mol. The first-order valence-corrected chi connectivity index (χ1v) is 6.44. The van der Waals surface area contributed by atoms with Gasteiger partial charge in [0, 0.05) is 5.41 Å². The molecular weight excluding hydrogens is 264 g/mol. The lowest BCUT2D eigenvalue weighted by atomic mass is 9.96. The Balaban J connectivity index is 2.11. The van der Waals surface area contributed by atoms with E-state index >= 15 is 0 Å². The number of hydrogen-bond donors (Lipinski definition) is 2. The van der Waals surface area contributed by atoms with E-state index in [0.717, 1.165) is 11.7 Å². The van der Waals surface area contributed by atoms with Gasteiger partial charge in [-0.05, 0) is 12.1 Å². The molecule has 0 aliphatic heterocycles. The lowest BCUT2D eigenvalue weighted by molar-refractivity contribution is -0.127. The Morgan fingerprint density at radius 1 is 1.21 bits per heavy atom. The Morgan fingerprint density at radius 3 is 2.63 bits per heavy atom. The van der Waals surface area contributed by atoms with Crippen molar-refractivity contribution in [1.29, 1.82) is 0 Å². The fraction of sp³-hybridized carbons (Fsp3) is 0.333. The van der Waals surface area contributed by atoms with Crippen LogP contribution in [0.15, 0.2) is 18.2 Å². The monoisotopic (exact) mass is 278 g/mol. The van der Waals surface area contributed by atoms with Gasteiger partial charge < -0.3 is 5.32 Å². The van der Waals surface area contributed by atoms with Crippen LogP contribution < -0.4 is 10.6 Å². The molecule has 0 aliphatic rings. The number of carbonyl (C=O) groups excluding carboxylic acids is 2. The van der Waals surface area contributed by atoms with Gasteiger partial charge >= 0.3 is 6.03 Å². The van der Waals surface area contributed by atoms with Gasteiger partial charge in [0.2, 0.25) is 5.91 Å². The first-order valence-electron chi connectivity index (χ1n) is 5.71. The van der Waals surface area contributed by atoms with E-state index in [4.69, 9.17) is 0 Å². The lowest BCUT2D eigenvalue weighted by Crippen LogP contribution is -2.41. The van der Waals surface area contributed by atoms with Crippen molar-refractivity contribution in [3.8, 4) is 0 Å². The second-order valence-corrected chi connectivity index (χ2v) is 5.62. The number of fused-ring (bicyclic) bond motifs is 1. The molecule has 7 heteroatoms. The zero-order chi connectivity index (χ0) is 14.0. The van der Waals surface area contributed by atoms with Gasteiger partial charge in [0.25, 0.3) is 0 Å². The number of carbonyl (C=O) groups is 2. The number of anilines is 1. The van der Waals surface area contributed by atoms with Crippen molar-refractivity contribution < 1.29 is 9.59 Å². The van der Waals surface area contributed by atoms with Crippen LogP contribution in [0.2, 0.25) is 0 Å². The fourth-order valence-corrected chi connectivity index (χ4v) is 1.90. The van der Waals surface area contributed by atoms with Crippen LogP contribution >= 0.6 is 11.7 Å². The van der Waals surface area contributed by atoms with E-state index in [9.17, 15) is 9.59 Å². The largest absolute Gasteiger partial charge is 0.325 e. The lowest BCUT2D eigenvalue weighted by Gasteiger charge is -2.17. The minimum atomic E-state index is -0.620. The van der Waals surface area contributed by atoms with Crippen molar-refractivity contribution in [3.05, 3.63) is 18.2 Å². The standard InChI is InChI=1S/C12H14N4O2S/c1-12(2,3)10(17)14-11(18)13-7-5-4-6-8-9(7)16-19-15-8/h4-6H,1-3H3,(H2,13,14,17,18). The predicted octanol–water partition coefficient (Wildman–Crippen LogP) is 2.39. The van der Waals surface area contributed by atoms with Gasteiger partial charge in [-0.15, -0.1) is 0 Å². The molecule has 0 bridgehead atoms. The molecule has 0 fully saturated rings. The second-order valence-electron chi connectivity index (χ2n) is 5.10. The molecule has 100 valence electrons. The van der Waals surface area contributed by atoms with Gasteiger partial charge in [0.05, 0.1) is 17.4 Å². The summed E-state index contributed by atoms with van der Waals surface area (Å²) >= 11 is 1.07. The van der Waals surface area contributed by atoms with Gasteiger partial charge in [-0.3, -0.25) is 10.1 Å². The molecule has 3 amide bonds. The van der Waals surface area contributed by atoms with Crippen LogP contribution in [0.5, 0.6) is 0 Å². The van der Waals surface area contributed by atoms with E-state index in [1.807, 2.05) is 6.07 Å². The number of benzene rings is 1. The van der Waals surface area contributed by atoms with E-state index in [1.165, 1.54) is 0 Å². The highest BCUT2D eigenvalue weighted by atomic mass is 32.1. The Morgan fingerprint density at radius 2 is 1.95 bits per heavy atom. The molecule has 1 aromatic heterocycles. The molecule has 1 aromatic carbocycles. The number of nitrogens with one attached hydrogen (secondary N) is 2. The maximum Gasteiger partial charge on any atom is 0.325 e. The number of urea groups is 1. The minimum Gasteiger partial charge on any atom is -0.305 e. The van der Waals surface area contributed by atoms with Crippen LogP contribution in [0, 0.1) is 5.41 Å². The molecule has 2 N–H and O–H groups in total. The van der Waals surface area contributed by atoms with Crippen LogP contribution in [-0.2, 0) is 4.79 Å². The molecule has 0 spiro atoms. The minimum absolute atomic E-state index is 0.339. The summed E-state index contributed by atoms with van der Waals surface area (Å²) in [5.41, 5.74) is 1.24. The van der Waals surface area contributed by atoms with Crippen molar-refractivity contribution in [2.24, 2.45) is 5.41 Å². The molecule has 0 saturated heterocycles. The summed E-state index contributed by atoms with van der Waals surface area (Å²) in [5, 5.41) is 4.90. The second kappa shape index (κ2) is 4.93. The van der Waals surface area contributed by atoms with Crippen LogP contribution in [0.25, 0.3) is 11.0 Å². The molecule has 0 radical (unpaired) electrons. The zero-order valence-corrected chi connectivity index (χ0v) is 11.7. The summed E-state index contributed by atoms with van der Waals surface area (Å²) in [5.74, 6) is -0.339. The van der Waals surface area contributed by atoms with Crippen LogP contribution in [0.1, 0.15) is 20.8 Å². The number of imide groups is 1. The fourth-order valence-electron chi connectivity index (χ4n) is 1.35. The first-order chi connectivity index (χ1) is 8.88. The third kappa shape index (κ3) is 3.05. The Hall–Kier alpha value is -2.02. The van der Waals surface area contributed by atoms with Gasteiger partial charge in [0.1, 0.15) is 11.0 Å². The molecule has 2 rings (SSSR count). The van der Waals surface area contributed by atoms with Gasteiger partial charge in [-0.25, -0.2) is 4.79 Å². The number of amides is 3. The maximum atomic E-state index is 11.7. The summed E-state index contributed by atoms with van der Waals surface area (Å²) < 4.78 is 8.18. The van der Waals surface area contributed by atoms with Crippen molar-refractivity contribution in [2.45, 2.75) is 20.8 Å². The molecule has 0 aliphatic carbocycles. The highest BCUT2D eigenvalue weighted by Gasteiger charge is 2.23. The third-order valence-corrected chi connectivity index (χ3v) is 2.99. The number of hydrogen-bond acceptors (Lipinski definition) is 5. The van der Waals surface area contributed by atoms with Gasteiger partial charge in [-0.1, -0.05) is 26.8 Å². The Kier molecular flexibility index (Phi) is 3.48. The summed E-state index contributed by atoms with van der Waals surface area (Å²) in [6, 6.07) is 4.72. The van der Waals surface area contributed by atoms with Crippen LogP contribution in [0.3, 0.4) is 0 Å². The van der Waals surface area contributed by atoms with E-state index in [0.29, 0.717) is 16.7 Å². The zero-order valence-electron chi connectivity index (χ0n) is 10.9. The summed E-state index contributed by atoms with van der Waals surface area (Å²) in [4.78, 5) is 23.4. The highest BCUT2D eigenvalue weighted by molar-refractivity contribution is 7.00. The topological polar surface area (TPSA) is 84.0 Å². The molecule has 1 heterocycles. The Bertz CT molecular complexity index is 630. The Labute approximate surface area is 114 Å².